The van der Waals surface area contributed by atoms with Crippen LogP contribution in [0.4, 0.5) is 18.9 Å². The summed E-state index contributed by atoms with van der Waals surface area (Å²) in [6.07, 6.45) is -3.31. The van der Waals surface area contributed by atoms with Gasteiger partial charge in [-0.25, -0.2) is 4.68 Å². The maximum atomic E-state index is 12.5. The number of nitrogens with one attached hydrogen (secondary N) is 1. The first-order valence-electron chi connectivity index (χ1n) is 7.47. The molecular formula is C17H13F3N4O2. The molecule has 2 aromatic carbocycles. The van der Waals surface area contributed by atoms with Crippen LogP contribution in [-0.2, 0) is 4.79 Å². The number of halogens is 3. The molecule has 9 heteroatoms. The minimum Gasteiger partial charge on any atom is -0.403 e. The summed E-state index contributed by atoms with van der Waals surface area (Å²) >= 11 is 0. The highest BCUT2D eigenvalue weighted by atomic mass is 19.4. The molecule has 1 heterocycles. The molecule has 0 aliphatic rings. The van der Waals surface area contributed by atoms with Gasteiger partial charge in [0.15, 0.2) is 5.75 Å². The Morgan fingerprint density at radius 3 is 2.46 bits per heavy atom. The number of amides is 1. The Morgan fingerprint density at radius 2 is 1.81 bits per heavy atom. The van der Waals surface area contributed by atoms with Crippen LogP contribution in [0.5, 0.6) is 5.75 Å². The lowest BCUT2D eigenvalue weighted by Gasteiger charge is -2.12. The Morgan fingerprint density at radius 1 is 1.12 bits per heavy atom. The third-order valence-corrected chi connectivity index (χ3v) is 3.33. The van der Waals surface area contributed by atoms with E-state index in [1.54, 1.807) is 30.3 Å². The molecule has 3 rings (SSSR count). The van der Waals surface area contributed by atoms with Crippen molar-refractivity contribution in [2.75, 3.05) is 5.32 Å². The van der Waals surface area contributed by atoms with Crippen molar-refractivity contribution in [1.82, 2.24) is 15.0 Å². The zero-order valence-electron chi connectivity index (χ0n) is 13.5. The molecule has 0 radical (unpaired) electrons. The second-order valence-electron chi connectivity index (χ2n) is 5.32. The number of aromatic nitrogens is 3. The van der Waals surface area contributed by atoms with Crippen LogP contribution in [0.2, 0.25) is 0 Å². The van der Waals surface area contributed by atoms with Gasteiger partial charge in [-0.1, -0.05) is 29.5 Å². The Hall–Kier alpha value is -3.36. The molecule has 26 heavy (non-hydrogen) atoms. The zero-order chi connectivity index (χ0) is 18.7. The van der Waals surface area contributed by atoms with E-state index in [9.17, 15) is 18.0 Å². The fourth-order valence-corrected chi connectivity index (χ4v) is 2.30. The number of carbonyl (C=O) groups is 1. The fourth-order valence-electron chi connectivity index (χ4n) is 2.30. The number of nitrogens with zero attached hydrogens (tertiary/aromatic N) is 3. The van der Waals surface area contributed by atoms with Crippen molar-refractivity contribution in [3.8, 4) is 22.7 Å². The third-order valence-electron chi connectivity index (χ3n) is 3.33. The first-order chi connectivity index (χ1) is 12.3. The molecule has 0 spiro atoms. The van der Waals surface area contributed by atoms with E-state index in [0.717, 1.165) is 0 Å². The van der Waals surface area contributed by atoms with E-state index in [4.69, 9.17) is 0 Å². The van der Waals surface area contributed by atoms with Crippen molar-refractivity contribution in [3.63, 3.8) is 0 Å². The summed E-state index contributed by atoms with van der Waals surface area (Å²) in [5, 5.41) is 10.5. The Balaban J connectivity index is 1.88. The van der Waals surface area contributed by atoms with E-state index in [1.165, 1.54) is 36.0 Å². The average molecular weight is 362 g/mol. The summed E-state index contributed by atoms with van der Waals surface area (Å²) in [4.78, 5) is 11.0. The molecule has 3 aromatic rings. The highest BCUT2D eigenvalue weighted by Crippen LogP contribution is 2.29. The highest BCUT2D eigenvalue weighted by molar-refractivity contribution is 5.88. The summed E-state index contributed by atoms with van der Waals surface area (Å²) in [7, 11) is 0. The lowest BCUT2D eigenvalue weighted by Crippen LogP contribution is -2.18. The summed E-state index contributed by atoms with van der Waals surface area (Å²) in [6, 6.07) is 12.5. The molecule has 0 fully saturated rings. The van der Waals surface area contributed by atoms with Gasteiger partial charge in [-0.3, -0.25) is 4.79 Å². The van der Waals surface area contributed by atoms with E-state index < -0.39 is 6.36 Å². The van der Waals surface area contributed by atoms with Crippen LogP contribution in [0.15, 0.2) is 54.7 Å². The summed E-state index contributed by atoms with van der Waals surface area (Å²) < 4.78 is 42.8. The number of para-hydroxylation sites is 2. The molecule has 1 amide bonds. The van der Waals surface area contributed by atoms with Gasteiger partial charge in [-0.05, 0) is 24.3 Å². The van der Waals surface area contributed by atoms with E-state index in [-0.39, 0.29) is 17.3 Å². The SMILES string of the molecule is CC(=O)Nc1ccc(-c2cn(-c3ccccc3OC(F)(F)F)nn2)cc1. The number of rotatable bonds is 4. The van der Waals surface area contributed by atoms with Crippen molar-refractivity contribution in [2.24, 2.45) is 0 Å². The van der Waals surface area contributed by atoms with Gasteiger partial charge in [0, 0.05) is 18.2 Å². The van der Waals surface area contributed by atoms with Crippen LogP contribution in [0, 0.1) is 0 Å². The average Bonchev–Trinajstić information content (AvgIpc) is 3.04. The normalized spacial score (nSPS) is 11.2. The quantitative estimate of drug-likeness (QED) is 0.767. The lowest BCUT2D eigenvalue weighted by molar-refractivity contribution is -0.274. The number of benzene rings is 2. The van der Waals surface area contributed by atoms with E-state index in [2.05, 4.69) is 20.4 Å². The molecule has 6 nitrogen and oxygen atoms in total. The van der Waals surface area contributed by atoms with E-state index in [1.807, 2.05) is 0 Å². The molecule has 134 valence electrons. The molecule has 0 aliphatic carbocycles. The van der Waals surface area contributed by atoms with Gasteiger partial charge in [0.25, 0.3) is 0 Å². The van der Waals surface area contributed by atoms with E-state index >= 15 is 0 Å². The predicted octanol–water partition coefficient (Wildman–Crippen LogP) is 3.79. The minimum absolute atomic E-state index is 0.110. The van der Waals surface area contributed by atoms with Crippen molar-refractivity contribution < 1.29 is 22.7 Å². The number of alkyl halides is 3. The van der Waals surface area contributed by atoms with Gasteiger partial charge in [0.1, 0.15) is 11.4 Å². The molecule has 0 saturated carbocycles. The number of ether oxygens (including phenoxy) is 1. The van der Waals surface area contributed by atoms with Gasteiger partial charge in [-0.15, -0.1) is 18.3 Å². The minimum atomic E-state index is -4.81. The van der Waals surface area contributed by atoms with Crippen LogP contribution < -0.4 is 10.1 Å². The molecule has 1 aromatic heterocycles. The summed E-state index contributed by atoms with van der Waals surface area (Å²) in [5.41, 5.74) is 1.89. The van der Waals surface area contributed by atoms with Gasteiger partial charge >= 0.3 is 6.36 Å². The van der Waals surface area contributed by atoms with Crippen LogP contribution >= 0.6 is 0 Å². The monoisotopic (exact) mass is 362 g/mol. The largest absolute Gasteiger partial charge is 0.573 e. The molecular weight excluding hydrogens is 349 g/mol. The number of hydrogen-bond acceptors (Lipinski definition) is 4. The highest BCUT2D eigenvalue weighted by Gasteiger charge is 2.32. The maximum absolute atomic E-state index is 12.5. The van der Waals surface area contributed by atoms with E-state index in [0.29, 0.717) is 16.9 Å². The van der Waals surface area contributed by atoms with Crippen LogP contribution in [0.3, 0.4) is 0 Å². The smallest absolute Gasteiger partial charge is 0.403 e. The first kappa shape index (κ1) is 17.5. The summed E-state index contributed by atoms with van der Waals surface area (Å²) in [6.45, 7) is 1.40. The standard InChI is InChI=1S/C17H13F3N4O2/c1-11(25)21-13-8-6-12(7-9-13)14-10-24(23-22-14)15-4-2-3-5-16(15)26-17(18,19)20/h2-10H,1H3,(H,21,25). The first-order valence-corrected chi connectivity index (χ1v) is 7.47. The number of hydrogen-bond donors (Lipinski definition) is 1. The maximum Gasteiger partial charge on any atom is 0.573 e. The summed E-state index contributed by atoms with van der Waals surface area (Å²) in [5.74, 6) is -0.567. The fraction of sp³-hybridized carbons (Fsp3) is 0.118. The predicted molar refractivity (Wildman–Crippen MR) is 87.8 cm³/mol. The van der Waals surface area contributed by atoms with Gasteiger partial charge < -0.3 is 10.1 Å². The van der Waals surface area contributed by atoms with Crippen molar-refractivity contribution in [3.05, 3.63) is 54.7 Å². The molecule has 0 atom stereocenters. The Bertz CT molecular complexity index is 920. The topological polar surface area (TPSA) is 69.0 Å². The second-order valence-corrected chi connectivity index (χ2v) is 5.32. The zero-order valence-corrected chi connectivity index (χ0v) is 13.5. The molecule has 0 aliphatic heterocycles. The molecule has 0 bridgehead atoms. The second kappa shape index (κ2) is 6.87. The lowest BCUT2D eigenvalue weighted by atomic mass is 10.1. The Labute approximate surface area is 146 Å². The van der Waals surface area contributed by atoms with Crippen LogP contribution in [-0.4, -0.2) is 27.3 Å². The molecule has 0 unspecified atom stereocenters. The van der Waals surface area contributed by atoms with Crippen molar-refractivity contribution >= 4 is 11.6 Å². The number of anilines is 1. The molecule has 1 N–H and O–H groups in total. The van der Waals surface area contributed by atoms with Crippen LogP contribution in [0.1, 0.15) is 6.92 Å². The van der Waals surface area contributed by atoms with Gasteiger partial charge in [0.05, 0.1) is 6.20 Å². The number of carbonyl (C=O) groups excluding carboxylic acids is 1. The van der Waals surface area contributed by atoms with Crippen LogP contribution in [0.25, 0.3) is 16.9 Å². The van der Waals surface area contributed by atoms with Crippen molar-refractivity contribution in [2.45, 2.75) is 13.3 Å². The third kappa shape index (κ3) is 4.18. The Kier molecular flexibility index (Phi) is 4.61. The van der Waals surface area contributed by atoms with Gasteiger partial charge in [0.2, 0.25) is 5.91 Å². The van der Waals surface area contributed by atoms with Crippen molar-refractivity contribution in [1.29, 1.82) is 0 Å². The molecule has 0 saturated heterocycles. The van der Waals surface area contributed by atoms with Gasteiger partial charge in [-0.2, -0.15) is 0 Å².